The summed E-state index contributed by atoms with van der Waals surface area (Å²) in [6.07, 6.45) is 6.22. The van der Waals surface area contributed by atoms with Gasteiger partial charge in [0.25, 0.3) is 11.8 Å². The molecular formula is C19H22N2O2. The molecule has 0 aromatic heterocycles. The van der Waals surface area contributed by atoms with E-state index in [0.29, 0.717) is 23.0 Å². The number of nitrogens with one attached hydrogen (secondary N) is 2. The van der Waals surface area contributed by atoms with Gasteiger partial charge in [0.15, 0.2) is 0 Å². The van der Waals surface area contributed by atoms with Crippen molar-refractivity contribution >= 4 is 17.5 Å². The lowest BCUT2D eigenvalue weighted by Crippen LogP contribution is -2.26. The van der Waals surface area contributed by atoms with E-state index in [1.54, 1.807) is 12.1 Å². The first kappa shape index (κ1) is 14.5. The Hall–Kier alpha value is -2.10. The number of rotatable bonds is 2. The van der Waals surface area contributed by atoms with Crippen LogP contribution in [-0.4, -0.2) is 11.8 Å². The molecule has 4 heteroatoms. The fourth-order valence-corrected chi connectivity index (χ4v) is 4.47. The van der Waals surface area contributed by atoms with Gasteiger partial charge in [-0.1, -0.05) is 26.3 Å². The van der Waals surface area contributed by atoms with Gasteiger partial charge in [0.2, 0.25) is 0 Å². The van der Waals surface area contributed by atoms with Crippen LogP contribution < -0.4 is 10.6 Å². The van der Waals surface area contributed by atoms with E-state index in [0.717, 1.165) is 17.5 Å². The largest absolute Gasteiger partial charge is 0.359 e. The Labute approximate surface area is 136 Å². The average molecular weight is 310 g/mol. The molecule has 1 saturated carbocycles. The number of anilines is 1. The minimum atomic E-state index is -0.300. The molecule has 120 valence electrons. The maximum atomic E-state index is 11.8. The summed E-state index contributed by atoms with van der Waals surface area (Å²) >= 11 is 0. The normalized spacial score (nSPS) is 32.2. The molecule has 3 aliphatic rings. The molecule has 1 unspecified atom stereocenters. The van der Waals surface area contributed by atoms with Crippen LogP contribution in [0.4, 0.5) is 5.69 Å². The van der Waals surface area contributed by atoms with Crippen LogP contribution in [0.15, 0.2) is 30.0 Å². The summed E-state index contributed by atoms with van der Waals surface area (Å²) in [7, 11) is 0. The maximum Gasteiger partial charge on any atom is 0.259 e. The second-order valence-corrected chi connectivity index (χ2v) is 7.34. The number of carbonyl (C=O) groups excluding carboxylic acids is 2. The molecule has 1 aromatic rings. The van der Waals surface area contributed by atoms with Crippen molar-refractivity contribution in [1.82, 2.24) is 5.32 Å². The number of amides is 2. The lowest BCUT2D eigenvalue weighted by molar-refractivity contribution is 0.0879. The van der Waals surface area contributed by atoms with Crippen LogP contribution in [-0.2, 0) is 0 Å². The topological polar surface area (TPSA) is 58.2 Å². The molecule has 1 aliphatic heterocycles. The summed E-state index contributed by atoms with van der Waals surface area (Å²) in [6, 6.07) is 5.42. The molecule has 2 amide bonds. The molecule has 0 spiro atoms. The Morgan fingerprint density at radius 2 is 1.87 bits per heavy atom. The van der Waals surface area contributed by atoms with Gasteiger partial charge in [0, 0.05) is 17.3 Å². The highest BCUT2D eigenvalue weighted by Crippen LogP contribution is 2.47. The van der Waals surface area contributed by atoms with Crippen LogP contribution in [0.2, 0.25) is 0 Å². The molecule has 0 radical (unpaired) electrons. The summed E-state index contributed by atoms with van der Waals surface area (Å²) in [5, 5.41) is 5.87. The second kappa shape index (κ2) is 5.22. The zero-order chi connectivity index (χ0) is 16.1. The molecule has 4 nitrogen and oxygen atoms in total. The third-order valence-corrected chi connectivity index (χ3v) is 5.71. The lowest BCUT2D eigenvalue weighted by Gasteiger charge is -2.34. The predicted molar refractivity (Wildman–Crippen MR) is 89.1 cm³/mol. The highest BCUT2D eigenvalue weighted by atomic mass is 16.2. The Kier molecular flexibility index (Phi) is 3.29. The molecule has 4 atom stereocenters. The number of benzene rings is 1. The lowest BCUT2D eigenvalue weighted by atomic mass is 9.73. The van der Waals surface area contributed by atoms with Crippen molar-refractivity contribution in [1.29, 1.82) is 0 Å². The first-order valence-corrected chi connectivity index (χ1v) is 8.51. The van der Waals surface area contributed by atoms with Gasteiger partial charge in [0.05, 0.1) is 11.1 Å². The molecule has 1 heterocycles. The van der Waals surface area contributed by atoms with E-state index in [1.165, 1.54) is 25.0 Å². The molecule has 1 fully saturated rings. The third-order valence-electron chi connectivity index (χ3n) is 5.71. The summed E-state index contributed by atoms with van der Waals surface area (Å²) in [5.74, 6) is 2.12. The van der Waals surface area contributed by atoms with Gasteiger partial charge in [-0.05, 0) is 48.8 Å². The first-order valence-electron chi connectivity index (χ1n) is 8.51. The van der Waals surface area contributed by atoms with Crippen LogP contribution in [0.3, 0.4) is 0 Å². The Bertz CT molecular complexity index is 722. The Balaban J connectivity index is 1.59. The van der Waals surface area contributed by atoms with E-state index < -0.39 is 0 Å². The van der Waals surface area contributed by atoms with Crippen LogP contribution in [0, 0.1) is 23.7 Å². The zero-order valence-corrected chi connectivity index (χ0v) is 13.6. The van der Waals surface area contributed by atoms with Gasteiger partial charge in [0.1, 0.15) is 0 Å². The second-order valence-electron chi connectivity index (χ2n) is 7.34. The monoisotopic (exact) mass is 310 g/mol. The van der Waals surface area contributed by atoms with E-state index in [9.17, 15) is 9.59 Å². The average Bonchev–Trinajstić information content (AvgIpc) is 2.97. The highest BCUT2D eigenvalue weighted by molar-refractivity contribution is 6.21. The van der Waals surface area contributed by atoms with Gasteiger partial charge >= 0.3 is 0 Å². The van der Waals surface area contributed by atoms with E-state index in [1.807, 2.05) is 6.07 Å². The number of allylic oxidation sites excluding steroid dienone is 2. The van der Waals surface area contributed by atoms with E-state index in [4.69, 9.17) is 0 Å². The third kappa shape index (κ3) is 2.37. The number of imide groups is 1. The standard InChI is InChI=1S/C19H22N2O2/c1-10-3-5-13-11(2)8-17(15(13)7-10)20-12-4-6-14-16(9-12)19(23)21-18(14)22/h4,6,8-11,13,15,20H,3,5,7H2,1-2H3,(H,21,22,23)/t10-,11?,13+,15-/m1/s1. The van der Waals surface area contributed by atoms with Gasteiger partial charge < -0.3 is 5.32 Å². The van der Waals surface area contributed by atoms with Crippen molar-refractivity contribution in [2.75, 3.05) is 5.32 Å². The number of fused-ring (bicyclic) bond motifs is 2. The summed E-state index contributed by atoms with van der Waals surface area (Å²) in [5.41, 5.74) is 3.13. The zero-order valence-electron chi connectivity index (χ0n) is 13.6. The maximum absolute atomic E-state index is 11.8. The van der Waals surface area contributed by atoms with E-state index >= 15 is 0 Å². The molecule has 23 heavy (non-hydrogen) atoms. The molecular weight excluding hydrogens is 288 g/mol. The SMILES string of the molecule is CC1C=C(Nc2ccc3c(c2)C(=O)NC3=O)[C@@H]2C[C@H](C)CC[C@@H]12. The molecule has 1 aromatic carbocycles. The van der Waals surface area contributed by atoms with Gasteiger partial charge in [-0.25, -0.2) is 0 Å². The fraction of sp³-hybridized carbons (Fsp3) is 0.474. The van der Waals surface area contributed by atoms with E-state index in [-0.39, 0.29) is 11.8 Å². The summed E-state index contributed by atoms with van der Waals surface area (Å²) < 4.78 is 0. The Morgan fingerprint density at radius 3 is 2.70 bits per heavy atom. The first-order chi connectivity index (χ1) is 11.0. The van der Waals surface area contributed by atoms with Crippen molar-refractivity contribution in [3.63, 3.8) is 0 Å². The summed E-state index contributed by atoms with van der Waals surface area (Å²) in [6.45, 7) is 4.64. The fourth-order valence-electron chi connectivity index (χ4n) is 4.47. The van der Waals surface area contributed by atoms with Crippen molar-refractivity contribution in [2.45, 2.75) is 33.1 Å². The van der Waals surface area contributed by atoms with Gasteiger partial charge in [-0.15, -0.1) is 0 Å². The minimum Gasteiger partial charge on any atom is -0.359 e. The highest BCUT2D eigenvalue weighted by Gasteiger charge is 2.38. The van der Waals surface area contributed by atoms with Gasteiger partial charge in [-0.3, -0.25) is 14.9 Å². The number of carbonyl (C=O) groups is 2. The molecule has 0 saturated heterocycles. The van der Waals surface area contributed by atoms with Crippen molar-refractivity contribution in [3.05, 3.63) is 41.1 Å². The van der Waals surface area contributed by atoms with Crippen LogP contribution >= 0.6 is 0 Å². The smallest absolute Gasteiger partial charge is 0.259 e. The Morgan fingerprint density at radius 1 is 1.09 bits per heavy atom. The molecule has 0 bridgehead atoms. The van der Waals surface area contributed by atoms with Crippen LogP contribution in [0.1, 0.15) is 53.8 Å². The summed E-state index contributed by atoms with van der Waals surface area (Å²) in [4.78, 5) is 23.4. The molecule has 2 N–H and O–H groups in total. The van der Waals surface area contributed by atoms with Crippen LogP contribution in [0.25, 0.3) is 0 Å². The van der Waals surface area contributed by atoms with Crippen molar-refractivity contribution in [3.8, 4) is 0 Å². The van der Waals surface area contributed by atoms with Crippen LogP contribution in [0.5, 0.6) is 0 Å². The number of hydrogen-bond acceptors (Lipinski definition) is 3. The van der Waals surface area contributed by atoms with Gasteiger partial charge in [-0.2, -0.15) is 0 Å². The van der Waals surface area contributed by atoms with E-state index in [2.05, 4.69) is 30.6 Å². The molecule has 4 rings (SSSR count). The molecule has 2 aliphatic carbocycles. The quantitative estimate of drug-likeness (QED) is 0.821. The minimum absolute atomic E-state index is 0.299. The van der Waals surface area contributed by atoms with Crippen molar-refractivity contribution in [2.24, 2.45) is 23.7 Å². The number of hydrogen-bond donors (Lipinski definition) is 2. The van der Waals surface area contributed by atoms with Crippen molar-refractivity contribution < 1.29 is 9.59 Å². The predicted octanol–water partition coefficient (Wildman–Crippen LogP) is 3.57.